The van der Waals surface area contributed by atoms with E-state index in [0.717, 1.165) is 17.1 Å². The standard InChI is InChI=1S/C12H13ClN6/c1-8(5-13)18-12-16-6-9(7-17-12)11-15-4-3-10(14-2)19-11/h3-7H,1-2H3,(H,14,15,19)(H,16,17,18)/b8-5+. The Kier molecular flexibility index (Phi) is 4.25. The van der Waals surface area contributed by atoms with E-state index in [2.05, 4.69) is 30.6 Å². The minimum atomic E-state index is 0.475. The fraction of sp³-hybridized carbons (Fsp3) is 0.167. The Bertz CT molecular complexity index is 581. The summed E-state index contributed by atoms with van der Waals surface area (Å²) >= 11 is 5.56. The topological polar surface area (TPSA) is 75.6 Å². The molecule has 0 fully saturated rings. The fourth-order valence-corrected chi connectivity index (χ4v) is 1.40. The number of nitrogens with zero attached hydrogens (tertiary/aromatic N) is 4. The van der Waals surface area contributed by atoms with Gasteiger partial charge in [0.25, 0.3) is 0 Å². The van der Waals surface area contributed by atoms with Crippen LogP contribution >= 0.6 is 11.6 Å². The maximum Gasteiger partial charge on any atom is 0.226 e. The number of hydrogen-bond donors (Lipinski definition) is 2. The summed E-state index contributed by atoms with van der Waals surface area (Å²) in [7, 11) is 1.80. The lowest BCUT2D eigenvalue weighted by atomic mass is 10.3. The summed E-state index contributed by atoms with van der Waals surface area (Å²) < 4.78 is 0. The molecule has 0 amide bonds. The molecule has 19 heavy (non-hydrogen) atoms. The predicted molar refractivity (Wildman–Crippen MR) is 75.8 cm³/mol. The maximum atomic E-state index is 5.56. The normalized spacial score (nSPS) is 11.2. The van der Waals surface area contributed by atoms with Gasteiger partial charge in [-0.05, 0) is 13.0 Å². The first-order chi connectivity index (χ1) is 9.22. The lowest BCUT2D eigenvalue weighted by Crippen LogP contribution is -2.01. The zero-order valence-electron chi connectivity index (χ0n) is 10.6. The second kappa shape index (κ2) is 6.10. The van der Waals surface area contributed by atoms with Crippen LogP contribution in [0.1, 0.15) is 6.92 Å². The van der Waals surface area contributed by atoms with Crippen LogP contribution in [-0.2, 0) is 0 Å². The summed E-state index contributed by atoms with van der Waals surface area (Å²) in [5, 5.41) is 5.90. The molecule has 2 heterocycles. The van der Waals surface area contributed by atoms with Crippen LogP contribution in [0.15, 0.2) is 35.9 Å². The molecule has 7 heteroatoms. The minimum absolute atomic E-state index is 0.475. The zero-order chi connectivity index (χ0) is 13.7. The van der Waals surface area contributed by atoms with Crippen molar-refractivity contribution in [2.24, 2.45) is 0 Å². The van der Waals surface area contributed by atoms with Gasteiger partial charge in [-0.2, -0.15) is 0 Å². The molecule has 0 atom stereocenters. The molecular formula is C12H13ClN6. The van der Waals surface area contributed by atoms with E-state index < -0.39 is 0 Å². The SMILES string of the molecule is CNc1ccnc(-c2cnc(N/C(C)=C/Cl)nc2)n1. The van der Waals surface area contributed by atoms with Crippen molar-refractivity contribution in [2.75, 3.05) is 17.7 Å². The van der Waals surface area contributed by atoms with Crippen LogP contribution in [0.4, 0.5) is 11.8 Å². The highest BCUT2D eigenvalue weighted by Crippen LogP contribution is 2.15. The van der Waals surface area contributed by atoms with E-state index in [1.165, 1.54) is 5.54 Å². The molecule has 0 radical (unpaired) electrons. The van der Waals surface area contributed by atoms with Crippen LogP contribution in [0.5, 0.6) is 0 Å². The van der Waals surface area contributed by atoms with Gasteiger partial charge in [0.05, 0.1) is 5.56 Å². The van der Waals surface area contributed by atoms with Crippen LogP contribution in [0.2, 0.25) is 0 Å². The second-order valence-corrected chi connectivity index (χ2v) is 3.95. The van der Waals surface area contributed by atoms with Gasteiger partial charge in [-0.1, -0.05) is 11.6 Å². The molecule has 2 aromatic rings. The Morgan fingerprint density at radius 2 is 2.00 bits per heavy atom. The number of allylic oxidation sites excluding steroid dienone is 1. The molecule has 0 aliphatic carbocycles. The van der Waals surface area contributed by atoms with Crippen molar-refractivity contribution in [1.82, 2.24) is 19.9 Å². The Balaban J connectivity index is 2.22. The number of halogens is 1. The third kappa shape index (κ3) is 3.38. The van der Waals surface area contributed by atoms with Crippen molar-refractivity contribution in [3.63, 3.8) is 0 Å². The number of rotatable bonds is 4. The molecule has 0 unspecified atom stereocenters. The third-order valence-electron chi connectivity index (χ3n) is 2.29. The van der Waals surface area contributed by atoms with Crippen molar-refractivity contribution >= 4 is 23.4 Å². The fourth-order valence-electron chi connectivity index (χ4n) is 1.35. The Morgan fingerprint density at radius 1 is 1.26 bits per heavy atom. The summed E-state index contributed by atoms with van der Waals surface area (Å²) in [4.78, 5) is 16.8. The van der Waals surface area contributed by atoms with E-state index in [1.54, 1.807) is 31.7 Å². The smallest absolute Gasteiger partial charge is 0.226 e. The number of aromatic nitrogens is 4. The van der Waals surface area contributed by atoms with Crippen molar-refractivity contribution in [3.05, 3.63) is 35.9 Å². The number of anilines is 2. The first kappa shape index (κ1) is 13.2. The first-order valence-electron chi connectivity index (χ1n) is 5.60. The maximum absolute atomic E-state index is 5.56. The highest BCUT2D eigenvalue weighted by atomic mass is 35.5. The van der Waals surface area contributed by atoms with Crippen LogP contribution in [0.25, 0.3) is 11.4 Å². The van der Waals surface area contributed by atoms with Crippen LogP contribution in [0, 0.1) is 0 Å². The lowest BCUT2D eigenvalue weighted by Gasteiger charge is -2.05. The minimum Gasteiger partial charge on any atom is -0.373 e. The summed E-state index contributed by atoms with van der Waals surface area (Å²) in [5.41, 5.74) is 2.94. The highest BCUT2D eigenvalue weighted by Gasteiger charge is 2.04. The molecule has 0 saturated heterocycles. The first-order valence-corrected chi connectivity index (χ1v) is 6.04. The molecular weight excluding hydrogens is 264 g/mol. The van der Waals surface area contributed by atoms with E-state index in [9.17, 15) is 0 Å². The Labute approximate surface area is 116 Å². The van der Waals surface area contributed by atoms with Gasteiger partial charge >= 0.3 is 0 Å². The van der Waals surface area contributed by atoms with E-state index >= 15 is 0 Å². The third-order valence-corrected chi connectivity index (χ3v) is 2.62. The van der Waals surface area contributed by atoms with Gasteiger partial charge in [0.2, 0.25) is 5.95 Å². The molecule has 2 aromatic heterocycles. The molecule has 0 aliphatic rings. The van der Waals surface area contributed by atoms with Crippen molar-refractivity contribution in [2.45, 2.75) is 6.92 Å². The van der Waals surface area contributed by atoms with Gasteiger partial charge in [0, 0.05) is 36.9 Å². The monoisotopic (exact) mass is 276 g/mol. The molecule has 0 saturated carbocycles. The molecule has 0 aromatic carbocycles. The molecule has 98 valence electrons. The van der Waals surface area contributed by atoms with Gasteiger partial charge in [0.1, 0.15) is 5.82 Å². The molecule has 2 N–H and O–H groups in total. The van der Waals surface area contributed by atoms with Crippen molar-refractivity contribution < 1.29 is 0 Å². The largest absolute Gasteiger partial charge is 0.373 e. The van der Waals surface area contributed by atoms with E-state index in [1.807, 2.05) is 6.92 Å². The molecule has 2 rings (SSSR count). The van der Waals surface area contributed by atoms with Crippen LogP contribution in [0.3, 0.4) is 0 Å². The Hall–Kier alpha value is -2.21. The average Bonchev–Trinajstić information content (AvgIpc) is 2.48. The number of nitrogens with one attached hydrogen (secondary N) is 2. The van der Waals surface area contributed by atoms with E-state index in [-0.39, 0.29) is 0 Å². The number of hydrogen-bond acceptors (Lipinski definition) is 6. The van der Waals surface area contributed by atoms with Crippen molar-refractivity contribution in [1.29, 1.82) is 0 Å². The van der Waals surface area contributed by atoms with Crippen LogP contribution in [-0.4, -0.2) is 27.0 Å². The lowest BCUT2D eigenvalue weighted by molar-refractivity contribution is 1.11. The van der Waals surface area contributed by atoms with E-state index in [0.29, 0.717) is 11.8 Å². The predicted octanol–water partition coefficient (Wildman–Crippen LogP) is 2.49. The van der Waals surface area contributed by atoms with Gasteiger partial charge < -0.3 is 10.6 Å². The van der Waals surface area contributed by atoms with Gasteiger partial charge in [-0.25, -0.2) is 19.9 Å². The summed E-state index contributed by atoms with van der Waals surface area (Å²) in [6.07, 6.45) is 5.00. The summed E-state index contributed by atoms with van der Waals surface area (Å²) in [6, 6.07) is 1.79. The average molecular weight is 277 g/mol. The Morgan fingerprint density at radius 3 is 2.63 bits per heavy atom. The molecule has 0 aliphatic heterocycles. The van der Waals surface area contributed by atoms with Gasteiger partial charge in [-0.3, -0.25) is 0 Å². The van der Waals surface area contributed by atoms with E-state index in [4.69, 9.17) is 11.6 Å². The van der Waals surface area contributed by atoms with Gasteiger partial charge in [-0.15, -0.1) is 0 Å². The van der Waals surface area contributed by atoms with Crippen LogP contribution < -0.4 is 10.6 Å². The second-order valence-electron chi connectivity index (χ2n) is 3.73. The van der Waals surface area contributed by atoms with Gasteiger partial charge in [0.15, 0.2) is 5.82 Å². The van der Waals surface area contributed by atoms with Crippen molar-refractivity contribution in [3.8, 4) is 11.4 Å². The summed E-state index contributed by atoms with van der Waals surface area (Å²) in [6.45, 7) is 1.82. The molecule has 0 bridgehead atoms. The summed E-state index contributed by atoms with van der Waals surface area (Å²) in [5.74, 6) is 1.79. The zero-order valence-corrected chi connectivity index (χ0v) is 11.3. The molecule has 6 nitrogen and oxygen atoms in total. The highest BCUT2D eigenvalue weighted by molar-refractivity contribution is 6.25. The quantitative estimate of drug-likeness (QED) is 0.893. The molecule has 0 spiro atoms.